The summed E-state index contributed by atoms with van der Waals surface area (Å²) in [6, 6.07) is 17.1. The summed E-state index contributed by atoms with van der Waals surface area (Å²) < 4.78 is 3.61. The molecule has 26 heavy (non-hydrogen) atoms. The fraction of sp³-hybridized carbons (Fsp3) is 0.222. The molecule has 0 aromatic heterocycles. The normalized spacial score (nSPS) is 13.0. The third-order valence-corrected chi connectivity index (χ3v) is 4.19. The van der Waals surface area contributed by atoms with E-state index in [0.29, 0.717) is 5.90 Å². The van der Waals surface area contributed by atoms with Crippen LogP contribution in [0.15, 0.2) is 59.6 Å². The second-order valence-corrected chi connectivity index (χ2v) is 8.19. The number of alkyl halides is 3. The summed E-state index contributed by atoms with van der Waals surface area (Å²) in [5, 5.41) is 6.22. The van der Waals surface area contributed by atoms with E-state index in [1.165, 1.54) is 7.11 Å². The first-order chi connectivity index (χ1) is 12.3. The van der Waals surface area contributed by atoms with Gasteiger partial charge in [0.1, 0.15) is 0 Å². The first kappa shape index (κ1) is 20.8. The molecule has 2 aromatic carbocycles. The van der Waals surface area contributed by atoms with Crippen LogP contribution < -0.4 is 10.6 Å². The third kappa shape index (κ3) is 6.32. The number of methoxy groups -OCH3 is 1. The highest BCUT2D eigenvalue weighted by Gasteiger charge is 2.34. The van der Waals surface area contributed by atoms with Gasteiger partial charge in [-0.05, 0) is 43.4 Å². The Hall–Kier alpha value is -1.53. The van der Waals surface area contributed by atoms with Crippen molar-refractivity contribution in [3.05, 3.63) is 65.7 Å². The first-order valence-corrected chi connectivity index (χ1v) is 9.22. The SMILES string of the molecule is COC(=NC(NC(=S)Nc1ccc(C)cc1)C(Cl)(Cl)Cl)c1ccccc1. The molecule has 138 valence electrons. The Balaban J connectivity index is 2.18. The number of aryl methyl sites for hydroxylation is 1. The minimum atomic E-state index is -1.74. The lowest BCUT2D eigenvalue weighted by atomic mass is 10.2. The molecule has 0 saturated heterocycles. The minimum Gasteiger partial charge on any atom is -0.481 e. The van der Waals surface area contributed by atoms with E-state index in [-0.39, 0.29) is 5.11 Å². The van der Waals surface area contributed by atoms with Crippen LogP contribution in [0, 0.1) is 6.92 Å². The highest BCUT2D eigenvalue weighted by molar-refractivity contribution is 7.80. The van der Waals surface area contributed by atoms with Gasteiger partial charge in [-0.1, -0.05) is 70.7 Å². The smallest absolute Gasteiger partial charge is 0.230 e. The Morgan fingerprint density at radius 3 is 2.23 bits per heavy atom. The lowest BCUT2D eigenvalue weighted by molar-refractivity contribution is 0.397. The molecule has 0 spiro atoms. The average molecular weight is 431 g/mol. The number of halogens is 3. The summed E-state index contributed by atoms with van der Waals surface area (Å²) in [5.74, 6) is 0.326. The standard InChI is InChI=1S/C18H18Cl3N3OS/c1-12-8-10-14(11-9-12)22-17(26)24-16(18(19,20)21)23-15(25-2)13-6-4-3-5-7-13/h3-11,16H,1-2H3,(H2,22,24,26). The number of hydrogen-bond donors (Lipinski definition) is 2. The van der Waals surface area contributed by atoms with Crippen LogP contribution in [0.3, 0.4) is 0 Å². The monoisotopic (exact) mass is 429 g/mol. The van der Waals surface area contributed by atoms with Crippen LogP contribution >= 0.6 is 47.0 Å². The first-order valence-electron chi connectivity index (χ1n) is 7.67. The van der Waals surface area contributed by atoms with Crippen LogP contribution in [0.5, 0.6) is 0 Å². The largest absolute Gasteiger partial charge is 0.481 e. The summed E-state index contributed by atoms with van der Waals surface area (Å²) in [6.45, 7) is 2.00. The number of thiocarbonyl (C=S) groups is 1. The van der Waals surface area contributed by atoms with Crippen molar-refractivity contribution in [2.24, 2.45) is 4.99 Å². The van der Waals surface area contributed by atoms with E-state index in [1.807, 2.05) is 61.5 Å². The minimum absolute atomic E-state index is 0.275. The molecule has 4 nitrogen and oxygen atoms in total. The molecule has 2 N–H and O–H groups in total. The molecule has 0 aliphatic heterocycles. The quantitative estimate of drug-likeness (QED) is 0.308. The molecule has 0 fully saturated rings. The van der Waals surface area contributed by atoms with Crippen molar-refractivity contribution in [3.63, 3.8) is 0 Å². The molecule has 1 unspecified atom stereocenters. The third-order valence-electron chi connectivity index (χ3n) is 3.35. The number of nitrogens with one attached hydrogen (secondary N) is 2. The number of aliphatic imine (C=N–C) groups is 1. The lowest BCUT2D eigenvalue weighted by Crippen LogP contribution is -2.45. The highest BCUT2D eigenvalue weighted by atomic mass is 35.6. The van der Waals surface area contributed by atoms with Gasteiger partial charge in [-0.25, -0.2) is 4.99 Å². The number of rotatable bonds is 4. The fourth-order valence-electron chi connectivity index (χ4n) is 2.06. The van der Waals surface area contributed by atoms with E-state index in [0.717, 1.165) is 16.8 Å². The summed E-state index contributed by atoms with van der Waals surface area (Å²) in [6.07, 6.45) is -0.951. The van der Waals surface area contributed by atoms with Crippen molar-refractivity contribution >= 4 is 63.7 Å². The molecular formula is C18H18Cl3N3OS. The second-order valence-electron chi connectivity index (χ2n) is 5.41. The topological polar surface area (TPSA) is 45.6 Å². The van der Waals surface area contributed by atoms with Crippen LogP contribution in [-0.4, -0.2) is 28.1 Å². The zero-order valence-corrected chi connectivity index (χ0v) is 17.3. The van der Waals surface area contributed by atoms with Crippen LogP contribution in [0.1, 0.15) is 11.1 Å². The maximum atomic E-state index is 6.07. The maximum absolute atomic E-state index is 6.07. The number of nitrogens with zero attached hydrogens (tertiary/aromatic N) is 1. The molecule has 0 heterocycles. The summed E-state index contributed by atoms with van der Waals surface area (Å²) in [7, 11) is 1.50. The molecule has 0 amide bonds. The molecule has 0 aliphatic carbocycles. The zero-order chi connectivity index (χ0) is 19.2. The molecule has 0 radical (unpaired) electrons. The van der Waals surface area contributed by atoms with E-state index in [1.54, 1.807) is 0 Å². The number of ether oxygens (including phenoxy) is 1. The van der Waals surface area contributed by atoms with Gasteiger partial charge in [-0.2, -0.15) is 0 Å². The lowest BCUT2D eigenvalue weighted by Gasteiger charge is -2.24. The molecule has 2 aromatic rings. The molecule has 1 atom stereocenters. The zero-order valence-electron chi connectivity index (χ0n) is 14.2. The van der Waals surface area contributed by atoms with Crippen LogP contribution in [-0.2, 0) is 4.74 Å². The van der Waals surface area contributed by atoms with Crippen LogP contribution in [0.2, 0.25) is 0 Å². The van der Waals surface area contributed by atoms with Gasteiger partial charge in [-0.15, -0.1) is 0 Å². The molecule has 2 rings (SSSR count). The van der Waals surface area contributed by atoms with Crippen molar-refractivity contribution in [1.82, 2.24) is 5.32 Å². The molecule has 0 saturated carbocycles. The Bertz CT molecular complexity index is 762. The molecule has 0 aliphatic rings. The van der Waals surface area contributed by atoms with Gasteiger partial charge in [0, 0.05) is 11.3 Å². The Kier molecular flexibility index (Phi) is 7.53. The van der Waals surface area contributed by atoms with Gasteiger partial charge < -0.3 is 15.4 Å². The van der Waals surface area contributed by atoms with Crippen molar-refractivity contribution in [1.29, 1.82) is 0 Å². The van der Waals surface area contributed by atoms with E-state index < -0.39 is 9.96 Å². The van der Waals surface area contributed by atoms with Gasteiger partial charge in [0.15, 0.2) is 11.3 Å². The van der Waals surface area contributed by atoms with Gasteiger partial charge in [0.25, 0.3) is 0 Å². The van der Waals surface area contributed by atoms with E-state index in [4.69, 9.17) is 51.8 Å². The summed E-state index contributed by atoms with van der Waals surface area (Å²) in [4.78, 5) is 4.39. The van der Waals surface area contributed by atoms with Crippen molar-refractivity contribution in [3.8, 4) is 0 Å². The number of benzene rings is 2. The maximum Gasteiger partial charge on any atom is 0.230 e. The second kappa shape index (κ2) is 9.42. The van der Waals surface area contributed by atoms with Gasteiger partial charge in [0.2, 0.25) is 9.69 Å². The molecule has 8 heteroatoms. The van der Waals surface area contributed by atoms with Crippen molar-refractivity contribution in [2.45, 2.75) is 16.9 Å². The number of hydrogen-bond acceptors (Lipinski definition) is 3. The van der Waals surface area contributed by atoms with Gasteiger partial charge >= 0.3 is 0 Å². The van der Waals surface area contributed by atoms with E-state index in [9.17, 15) is 0 Å². The van der Waals surface area contributed by atoms with Crippen LogP contribution in [0.4, 0.5) is 5.69 Å². The van der Waals surface area contributed by atoms with Crippen molar-refractivity contribution in [2.75, 3.05) is 12.4 Å². The Labute approximate surface area is 173 Å². The number of anilines is 1. The Morgan fingerprint density at radius 2 is 1.69 bits per heavy atom. The highest BCUT2D eigenvalue weighted by Crippen LogP contribution is 2.31. The van der Waals surface area contributed by atoms with Crippen molar-refractivity contribution < 1.29 is 4.74 Å². The van der Waals surface area contributed by atoms with Gasteiger partial charge in [-0.3, -0.25) is 0 Å². The van der Waals surface area contributed by atoms with E-state index in [2.05, 4.69) is 15.6 Å². The van der Waals surface area contributed by atoms with Gasteiger partial charge in [0.05, 0.1) is 7.11 Å². The molecular weight excluding hydrogens is 413 g/mol. The average Bonchev–Trinajstić information content (AvgIpc) is 2.60. The fourth-order valence-corrected chi connectivity index (χ4v) is 2.60. The predicted molar refractivity (Wildman–Crippen MR) is 115 cm³/mol. The Morgan fingerprint density at radius 1 is 1.08 bits per heavy atom. The van der Waals surface area contributed by atoms with Crippen LogP contribution in [0.25, 0.3) is 0 Å². The summed E-state index contributed by atoms with van der Waals surface area (Å²) >= 11 is 23.5. The molecule has 0 bridgehead atoms. The van der Waals surface area contributed by atoms with E-state index >= 15 is 0 Å². The summed E-state index contributed by atoms with van der Waals surface area (Å²) in [5.41, 5.74) is 2.72. The predicted octanol–water partition coefficient (Wildman–Crippen LogP) is 5.07.